The molecule has 0 atom stereocenters. The molecule has 0 aliphatic carbocycles. The number of aryl methyl sites for hydroxylation is 1. The molecule has 0 fully saturated rings. The monoisotopic (exact) mass is 290 g/mol. The quantitative estimate of drug-likeness (QED) is 0.643. The molecule has 0 bridgehead atoms. The van der Waals surface area contributed by atoms with Crippen LogP contribution in [0.25, 0.3) is 0 Å². The summed E-state index contributed by atoms with van der Waals surface area (Å²) < 4.78 is 39.6. The van der Waals surface area contributed by atoms with Crippen molar-refractivity contribution in [1.82, 2.24) is 0 Å². The Balaban J connectivity index is 0.000000362. The molecule has 19 heavy (non-hydrogen) atoms. The molecule has 0 radical (unpaired) electrons. The van der Waals surface area contributed by atoms with Crippen LogP contribution < -0.4 is 0 Å². The minimum atomic E-state index is -4.02. The molecule has 110 valence electrons. The fourth-order valence-corrected chi connectivity index (χ4v) is 1.60. The molecule has 5 nitrogen and oxygen atoms in total. The van der Waals surface area contributed by atoms with Crippen molar-refractivity contribution in [3.8, 4) is 0 Å². The lowest BCUT2D eigenvalue weighted by molar-refractivity contribution is 0.0584. The first kappa shape index (κ1) is 18.0. The highest BCUT2D eigenvalue weighted by Crippen LogP contribution is 2.08. The van der Waals surface area contributed by atoms with Gasteiger partial charge in [-0.15, -0.1) is 0 Å². The lowest BCUT2D eigenvalue weighted by atomic mass is 10.2. The summed E-state index contributed by atoms with van der Waals surface area (Å²) in [5.41, 5.74) is 0.956. The second-order valence-corrected chi connectivity index (χ2v) is 5.10. The third-order valence-electron chi connectivity index (χ3n) is 2.10. The fraction of sp³-hybridized carbons (Fsp3) is 0.538. The maximum absolute atomic E-state index is 10.5. The minimum Gasteiger partial charge on any atom is -0.379 e. The van der Waals surface area contributed by atoms with Gasteiger partial charge in [-0.05, 0) is 32.9 Å². The molecular weight excluding hydrogens is 268 g/mol. The van der Waals surface area contributed by atoms with Gasteiger partial charge in [0.15, 0.2) is 0 Å². The van der Waals surface area contributed by atoms with E-state index in [9.17, 15) is 8.42 Å². The molecule has 0 aromatic heterocycles. The maximum atomic E-state index is 10.5. The van der Waals surface area contributed by atoms with Gasteiger partial charge in [-0.2, -0.15) is 8.42 Å². The van der Waals surface area contributed by atoms with Gasteiger partial charge < -0.3 is 9.47 Å². The third kappa shape index (κ3) is 9.61. The van der Waals surface area contributed by atoms with E-state index in [0.717, 1.165) is 32.0 Å². The van der Waals surface area contributed by atoms with Crippen molar-refractivity contribution in [3.05, 3.63) is 29.8 Å². The Labute approximate surface area is 115 Å². The van der Waals surface area contributed by atoms with Crippen molar-refractivity contribution < 1.29 is 22.4 Å². The summed E-state index contributed by atoms with van der Waals surface area (Å²) in [4.78, 5) is -0.0666. The second-order valence-electron chi connectivity index (χ2n) is 3.68. The number of hydrogen-bond acceptors (Lipinski definition) is 4. The standard InChI is InChI=1S/C7H8O3S.C6H14O2/c1-6-2-4-7(5-3-6)11(8,9)10;1-3-7-5-6-8-4-2/h2-5H,1H3,(H,8,9,10);3-6H2,1-2H3. The van der Waals surface area contributed by atoms with Crippen LogP contribution in [0.4, 0.5) is 0 Å². The first-order valence-electron chi connectivity index (χ1n) is 6.11. The fourth-order valence-electron chi connectivity index (χ4n) is 1.12. The van der Waals surface area contributed by atoms with Crippen molar-refractivity contribution in [2.45, 2.75) is 25.7 Å². The van der Waals surface area contributed by atoms with Crippen LogP contribution in [0.15, 0.2) is 29.2 Å². The Bertz CT molecular complexity index is 419. The van der Waals surface area contributed by atoms with Crippen LogP contribution in [0.2, 0.25) is 0 Å². The summed E-state index contributed by atoms with van der Waals surface area (Å²) in [6.45, 7) is 8.82. The van der Waals surface area contributed by atoms with Crippen molar-refractivity contribution in [3.63, 3.8) is 0 Å². The van der Waals surface area contributed by atoms with Gasteiger partial charge in [-0.1, -0.05) is 17.7 Å². The zero-order valence-corrected chi connectivity index (χ0v) is 12.4. The van der Waals surface area contributed by atoms with Gasteiger partial charge >= 0.3 is 0 Å². The molecule has 6 heteroatoms. The highest BCUT2D eigenvalue weighted by molar-refractivity contribution is 7.85. The van der Waals surface area contributed by atoms with Gasteiger partial charge in [-0.25, -0.2) is 0 Å². The van der Waals surface area contributed by atoms with Crippen molar-refractivity contribution in [2.24, 2.45) is 0 Å². The molecule has 1 aromatic rings. The van der Waals surface area contributed by atoms with E-state index in [2.05, 4.69) is 0 Å². The Hall–Kier alpha value is -0.950. The van der Waals surface area contributed by atoms with Crippen LogP contribution in [0.1, 0.15) is 19.4 Å². The average Bonchev–Trinajstić information content (AvgIpc) is 2.35. The SMILES string of the molecule is CCOCCOCC.Cc1ccc(S(=O)(=O)O)cc1. The first-order chi connectivity index (χ1) is 8.91. The summed E-state index contributed by atoms with van der Waals surface area (Å²) in [6, 6.07) is 5.99. The van der Waals surface area contributed by atoms with E-state index < -0.39 is 10.1 Å². The van der Waals surface area contributed by atoms with Crippen LogP contribution in [-0.2, 0) is 19.6 Å². The molecule has 0 unspecified atom stereocenters. The van der Waals surface area contributed by atoms with Crippen LogP contribution in [-0.4, -0.2) is 39.4 Å². The number of benzene rings is 1. The normalized spacial score (nSPS) is 10.7. The van der Waals surface area contributed by atoms with Gasteiger partial charge in [-0.3, -0.25) is 4.55 Å². The molecule has 0 saturated carbocycles. The van der Waals surface area contributed by atoms with Crippen LogP contribution in [0, 0.1) is 6.92 Å². The van der Waals surface area contributed by atoms with E-state index in [-0.39, 0.29) is 4.90 Å². The molecule has 0 heterocycles. The van der Waals surface area contributed by atoms with Crippen LogP contribution >= 0.6 is 0 Å². The highest BCUT2D eigenvalue weighted by atomic mass is 32.2. The zero-order valence-electron chi connectivity index (χ0n) is 11.6. The van der Waals surface area contributed by atoms with E-state index >= 15 is 0 Å². The second kappa shape index (κ2) is 9.91. The third-order valence-corrected chi connectivity index (χ3v) is 2.97. The molecule has 0 spiro atoms. The summed E-state index contributed by atoms with van der Waals surface area (Å²) in [6.07, 6.45) is 0. The maximum Gasteiger partial charge on any atom is 0.294 e. The number of ether oxygens (including phenoxy) is 2. The number of hydrogen-bond donors (Lipinski definition) is 1. The van der Waals surface area contributed by atoms with Crippen molar-refractivity contribution in [2.75, 3.05) is 26.4 Å². The highest BCUT2D eigenvalue weighted by Gasteiger charge is 2.06. The number of rotatable bonds is 6. The lowest BCUT2D eigenvalue weighted by Gasteiger charge is -1.99. The van der Waals surface area contributed by atoms with E-state index in [0.29, 0.717) is 0 Å². The molecule has 1 N–H and O–H groups in total. The van der Waals surface area contributed by atoms with Gasteiger partial charge in [0, 0.05) is 13.2 Å². The molecule has 0 amide bonds. The van der Waals surface area contributed by atoms with Crippen molar-refractivity contribution in [1.29, 1.82) is 0 Å². The van der Waals surface area contributed by atoms with Gasteiger partial charge in [0.1, 0.15) is 0 Å². The largest absolute Gasteiger partial charge is 0.379 e. The lowest BCUT2D eigenvalue weighted by Crippen LogP contribution is -2.02. The van der Waals surface area contributed by atoms with E-state index in [4.69, 9.17) is 14.0 Å². The van der Waals surface area contributed by atoms with Gasteiger partial charge in [0.05, 0.1) is 18.1 Å². The average molecular weight is 290 g/mol. The summed E-state index contributed by atoms with van der Waals surface area (Å²) >= 11 is 0. The van der Waals surface area contributed by atoms with Gasteiger partial charge in [0.25, 0.3) is 10.1 Å². The zero-order chi connectivity index (χ0) is 14.7. The predicted octanol–water partition coefficient (Wildman–Crippen LogP) is 2.30. The minimum absolute atomic E-state index is 0.0666. The molecule has 1 rings (SSSR count). The Morgan fingerprint density at radius 1 is 1.00 bits per heavy atom. The first-order valence-corrected chi connectivity index (χ1v) is 7.55. The van der Waals surface area contributed by atoms with Crippen LogP contribution in [0.3, 0.4) is 0 Å². The van der Waals surface area contributed by atoms with Gasteiger partial charge in [0.2, 0.25) is 0 Å². The molecule has 0 aliphatic heterocycles. The van der Waals surface area contributed by atoms with E-state index in [1.807, 2.05) is 20.8 Å². The molecule has 0 saturated heterocycles. The Kier molecular flexibility index (Phi) is 9.42. The summed E-state index contributed by atoms with van der Waals surface area (Å²) in [5.74, 6) is 0. The predicted molar refractivity (Wildman–Crippen MR) is 74.0 cm³/mol. The van der Waals surface area contributed by atoms with Crippen molar-refractivity contribution >= 4 is 10.1 Å². The Morgan fingerprint density at radius 3 is 1.74 bits per heavy atom. The molecule has 1 aromatic carbocycles. The summed E-state index contributed by atoms with van der Waals surface area (Å²) in [5, 5.41) is 0. The molecular formula is C13H22O5S. The van der Waals surface area contributed by atoms with E-state index in [1.54, 1.807) is 12.1 Å². The Morgan fingerprint density at radius 2 is 1.42 bits per heavy atom. The summed E-state index contributed by atoms with van der Waals surface area (Å²) in [7, 11) is -4.02. The van der Waals surface area contributed by atoms with E-state index in [1.165, 1.54) is 12.1 Å². The van der Waals surface area contributed by atoms with Crippen LogP contribution in [0.5, 0.6) is 0 Å². The topological polar surface area (TPSA) is 72.8 Å². The molecule has 0 aliphatic rings. The smallest absolute Gasteiger partial charge is 0.294 e.